The number of anilines is 1. The van der Waals surface area contributed by atoms with E-state index in [2.05, 4.69) is 4.74 Å². The van der Waals surface area contributed by atoms with Gasteiger partial charge in [0.1, 0.15) is 18.8 Å². The first-order valence-corrected chi connectivity index (χ1v) is 5.01. The Hall–Kier alpha value is -2.51. The van der Waals surface area contributed by atoms with Crippen LogP contribution in [-0.4, -0.2) is 31.2 Å². The Labute approximate surface area is 101 Å². The SMILES string of the molecule is COC(=O)c1cc([N+](=O)[O-])c(N)c2c1OCCO2. The summed E-state index contributed by atoms with van der Waals surface area (Å²) in [5, 5.41) is 10.8. The maximum atomic E-state index is 11.6. The van der Waals surface area contributed by atoms with E-state index in [4.69, 9.17) is 15.2 Å². The Bertz CT molecular complexity index is 528. The van der Waals surface area contributed by atoms with Crippen LogP contribution in [0.4, 0.5) is 11.4 Å². The lowest BCUT2D eigenvalue weighted by Crippen LogP contribution is -2.20. The fraction of sp³-hybridized carbons (Fsp3) is 0.300. The van der Waals surface area contributed by atoms with Crippen molar-refractivity contribution in [1.82, 2.24) is 0 Å². The molecule has 8 nitrogen and oxygen atoms in total. The molecule has 1 aliphatic heterocycles. The van der Waals surface area contributed by atoms with Crippen LogP contribution in [0.15, 0.2) is 6.07 Å². The molecule has 1 aliphatic rings. The molecule has 0 saturated heterocycles. The molecule has 18 heavy (non-hydrogen) atoms. The summed E-state index contributed by atoms with van der Waals surface area (Å²) >= 11 is 0. The van der Waals surface area contributed by atoms with E-state index < -0.39 is 16.6 Å². The highest BCUT2D eigenvalue weighted by Crippen LogP contribution is 2.44. The molecule has 1 aromatic carbocycles. The molecule has 96 valence electrons. The van der Waals surface area contributed by atoms with Gasteiger partial charge >= 0.3 is 5.97 Å². The second-order valence-electron chi connectivity index (χ2n) is 3.46. The van der Waals surface area contributed by atoms with E-state index in [0.29, 0.717) is 0 Å². The van der Waals surface area contributed by atoms with Gasteiger partial charge in [0.2, 0.25) is 0 Å². The summed E-state index contributed by atoms with van der Waals surface area (Å²) in [4.78, 5) is 21.7. The second kappa shape index (κ2) is 4.40. The summed E-state index contributed by atoms with van der Waals surface area (Å²) in [6.45, 7) is 0.438. The third-order valence-electron chi connectivity index (χ3n) is 2.43. The number of nitro benzene ring substituents is 1. The number of nitrogens with zero attached hydrogens (tertiary/aromatic N) is 1. The molecule has 1 heterocycles. The number of hydrogen-bond acceptors (Lipinski definition) is 7. The van der Waals surface area contributed by atoms with Crippen molar-refractivity contribution in [2.24, 2.45) is 0 Å². The number of fused-ring (bicyclic) bond motifs is 1. The zero-order chi connectivity index (χ0) is 13.3. The number of carbonyl (C=O) groups is 1. The molecule has 1 aromatic rings. The number of nitrogen functional groups attached to an aromatic ring is 1. The number of esters is 1. The molecule has 0 amide bonds. The van der Waals surface area contributed by atoms with Gasteiger partial charge in [-0.15, -0.1) is 0 Å². The lowest BCUT2D eigenvalue weighted by atomic mass is 10.1. The van der Waals surface area contributed by atoms with E-state index >= 15 is 0 Å². The quantitative estimate of drug-likeness (QED) is 0.358. The van der Waals surface area contributed by atoms with Gasteiger partial charge in [-0.05, 0) is 0 Å². The van der Waals surface area contributed by atoms with Gasteiger partial charge in [-0.1, -0.05) is 0 Å². The Morgan fingerprint density at radius 1 is 1.44 bits per heavy atom. The van der Waals surface area contributed by atoms with Gasteiger partial charge in [0, 0.05) is 6.07 Å². The minimum atomic E-state index is -0.750. The van der Waals surface area contributed by atoms with Crippen molar-refractivity contribution in [3.8, 4) is 11.5 Å². The third kappa shape index (κ3) is 1.77. The Morgan fingerprint density at radius 2 is 2.06 bits per heavy atom. The first-order chi connectivity index (χ1) is 8.56. The van der Waals surface area contributed by atoms with Crippen molar-refractivity contribution in [1.29, 1.82) is 0 Å². The summed E-state index contributed by atoms with van der Waals surface area (Å²) in [5.74, 6) is -0.660. The average Bonchev–Trinajstić information content (AvgIpc) is 2.38. The number of hydrogen-bond donors (Lipinski definition) is 1. The number of rotatable bonds is 2. The molecule has 0 radical (unpaired) electrons. The Morgan fingerprint density at radius 3 is 2.61 bits per heavy atom. The summed E-state index contributed by atoms with van der Waals surface area (Å²) < 4.78 is 15.0. The zero-order valence-corrected chi connectivity index (χ0v) is 9.47. The van der Waals surface area contributed by atoms with Crippen molar-refractivity contribution < 1.29 is 23.9 Å². The number of nitro groups is 1. The topological polar surface area (TPSA) is 114 Å². The van der Waals surface area contributed by atoms with Crippen LogP contribution in [0, 0.1) is 10.1 Å². The van der Waals surface area contributed by atoms with Crippen LogP contribution in [-0.2, 0) is 4.74 Å². The van der Waals surface area contributed by atoms with Gasteiger partial charge in [0.15, 0.2) is 17.2 Å². The van der Waals surface area contributed by atoms with Crippen LogP contribution in [0.2, 0.25) is 0 Å². The van der Waals surface area contributed by atoms with E-state index in [-0.39, 0.29) is 36.0 Å². The van der Waals surface area contributed by atoms with E-state index in [0.717, 1.165) is 6.07 Å². The fourth-order valence-corrected chi connectivity index (χ4v) is 1.63. The summed E-state index contributed by atoms with van der Waals surface area (Å²) in [5.41, 5.74) is 4.96. The minimum absolute atomic E-state index is 0.0100. The molecular formula is C10H10N2O6. The average molecular weight is 254 g/mol. The molecule has 0 aromatic heterocycles. The molecule has 0 fully saturated rings. The molecule has 0 unspecified atom stereocenters. The van der Waals surface area contributed by atoms with Gasteiger partial charge in [0.05, 0.1) is 12.0 Å². The molecule has 0 bridgehead atoms. The lowest BCUT2D eigenvalue weighted by molar-refractivity contribution is -0.384. The summed E-state index contributed by atoms with van der Waals surface area (Å²) in [6, 6.07) is 1.02. The second-order valence-corrected chi connectivity index (χ2v) is 3.46. The molecule has 2 N–H and O–H groups in total. The third-order valence-corrected chi connectivity index (χ3v) is 2.43. The monoisotopic (exact) mass is 254 g/mol. The van der Waals surface area contributed by atoms with Crippen LogP contribution in [0.5, 0.6) is 11.5 Å². The van der Waals surface area contributed by atoms with Crippen LogP contribution >= 0.6 is 0 Å². The zero-order valence-electron chi connectivity index (χ0n) is 9.47. The lowest BCUT2D eigenvalue weighted by Gasteiger charge is -2.21. The van der Waals surface area contributed by atoms with Crippen molar-refractivity contribution >= 4 is 17.3 Å². The van der Waals surface area contributed by atoms with E-state index in [9.17, 15) is 14.9 Å². The summed E-state index contributed by atoms with van der Waals surface area (Å²) in [6.07, 6.45) is 0. The highest BCUT2D eigenvalue weighted by Gasteiger charge is 2.30. The normalized spacial score (nSPS) is 12.9. The van der Waals surface area contributed by atoms with Gasteiger partial charge in [-0.25, -0.2) is 4.79 Å². The van der Waals surface area contributed by atoms with Gasteiger partial charge in [-0.3, -0.25) is 10.1 Å². The van der Waals surface area contributed by atoms with Crippen molar-refractivity contribution in [3.63, 3.8) is 0 Å². The van der Waals surface area contributed by atoms with Gasteiger partial charge < -0.3 is 19.9 Å². The number of benzene rings is 1. The number of methoxy groups -OCH3 is 1. The molecule has 0 aliphatic carbocycles. The fourth-order valence-electron chi connectivity index (χ4n) is 1.63. The van der Waals surface area contributed by atoms with E-state index in [1.165, 1.54) is 7.11 Å². The van der Waals surface area contributed by atoms with Crippen LogP contribution in [0.25, 0.3) is 0 Å². The van der Waals surface area contributed by atoms with Crippen molar-refractivity contribution in [2.45, 2.75) is 0 Å². The predicted molar refractivity (Wildman–Crippen MR) is 59.8 cm³/mol. The Kier molecular flexibility index (Phi) is 2.92. The first-order valence-electron chi connectivity index (χ1n) is 5.01. The molecule has 2 rings (SSSR count). The molecule has 0 spiro atoms. The van der Waals surface area contributed by atoms with E-state index in [1.54, 1.807) is 0 Å². The number of carbonyl (C=O) groups excluding carboxylic acids is 1. The maximum absolute atomic E-state index is 11.6. The van der Waals surface area contributed by atoms with E-state index in [1.807, 2.05) is 0 Å². The first kappa shape index (κ1) is 12.0. The predicted octanol–water partition coefficient (Wildman–Crippen LogP) is 0.735. The number of nitrogens with two attached hydrogens (primary N) is 1. The largest absolute Gasteiger partial charge is 0.485 e. The smallest absolute Gasteiger partial charge is 0.342 e. The summed E-state index contributed by atoms with van der Waals surface area (Å²) in [7, 11) is 1.17. The standard InChI is InChI=1S/C10H10N2O6/c1-16-10(13)5-4-6(12(14)15)7(11)9-8(5)17-2-3-18-9/h4H,2-3,11H2,1H3. The Balaban J connectivity index is 2.69. The van der Waals surface area contributed by atoms with Crippen LogP contribution in [0.1, 0.15) is 10.4 Å². The van der Waals surface area contributed by atoms with Crippen LogP contribution < -0.4 is 15.2 Å². The van der Waals surface area contributed by atoms with Crippen molar-refractivity contribution in [3.05, 3.63) is 21.7 Å². The highest BCUT2D eigenvalue weighted by atomic mass is 16.6. The highest BCUT2D eigenvalue weighted by molar-refractivity contribution is 5.97. The van der Waals surface area contributed by atoms with Gasteiger partial charge in [0.25, 0.3) is 5.69 Å². The van der Waals surface area contributed by atoms with Crippen molar-refractivity contribution in [2.75, 3.05) is 26.1 Å². The molecule has 8 heteroatoms. The van der Waals surface area contributed by atoms with Crippen LogP contribution in [0.3, 0.4) is 0 Å². The molecule has 0 atom stereocenters. The minimum Gasteiger partial charge on any atom is -0.485 e. The molecular weight excluding hydrogens is 244 g/mol. The van der Waals surface area contributed by atoms with Gasteiger partial charge in [-0.2, -0.15) is 0 Å². The molecule has 0 saturated carbocycles. The number of ether oxygens (including phenoxy) is 3. The maximum Gasteiger partial charge on any atom is 0.342 e.